The smallest absolute Gasteiger partial charge is 0.183 e. The largest absolute Gasteiger partial charge is 0.389 e. The van der Waals surface area contributed by atoms with Crippen molar-refractivity contribution in [1.29, 1.82) is 0 Å². The van der Waals surface area contributed by atoms with Gasteiger partial charge in [-0.3, -0.25) is 4.68 Å². The molecule has 2 fully saturated rings. The van der Waals surface area contributed by atoms with Crippen LogP contribution in [0.4, 0.5) is 0 Å². The van der Waals surface area contributed by atoms with Crippen LogP contribution in [-0.4, -0.2) is 65.0 Å². The van der Waals surface area contributed by atoms with Crippen molar-refractivity contribution in [2.75, 3.05) is 20.7 Å². The van der Waals surface area contributed by atoms with Crippen LogP contribution < -0.4 is 0 Å². The summed E-state index contributed by atoms with van der Waals surface area (Å²) >= 11 is 5.87. The number of halogens is 1. The van der Waals surface area contributed by atoms with Crippen molar-refractivity contribution in [2.45, 2.75) is 30.6 Å². The lowest BCUT2D eigenvalue weighted by Crippen LogP contribution is -2.57. The number of likely N-dealkylation sites (N-methyl/N-ethyl adjacent to an activating group) is 1. The fourth-order valence-electron chi connectivity index (χ4n) is 2.78. The molecule has 1 aromatic heterocycles. The van der Waals surface area contributed by atoms with Crippen molar-refractivity contribution >= 4 is 11.6 Å². The van der Waals surface area contributed by atoms with Gasteiger partial charge in [-0.25, -0.2) is 0 Å². The number of aliphatic hydroxyl groups is 1. The number of hydrogen-bond donors (Lipinski definition) is 1. The molecule has 0 aromatic carbocycles. The van der Waals surface area contributed by atoms with Crippen molar-refractivity contribution in [3.8, 4) is 0 Å². The van der Waals surface area contributed by atoms with Gasteiger partial charge < -0.3 is 19.5 Å². The number of nitrogens with zero attached hydrogens (tertiary/aromatic N) is 3. The highest BCUT2D eigenvalue weighted by atomic mass is 35.5. The summed E-state index contributed by atoms with van der Waals surface area (Å²) in [4.78, 5) is 1.96. The van der Waals surface area contributed by atoms with Crippen LogP contribution in [0.25, 0.3) is 0 Å². The Labute approximate surface area is 110 Å². The Morgan fingerprint density at radius 1 is 1.56 bits per heavy atom. The SMILES string of the molecule is CN(C)C1C2COC(O2)C(n2cc(Cl)cn2)C1O. The predicted molar refractivity (Wildman–Crippen MR) is 64.4 cm³/mol. The number of fused-ring (bicyclic) bond motifs is 2. The van der Waals surface area contributed by atoms with Gasteiger partial charge in [0, 0.05) is 6.20 Å². The normalized spacial score (nSPS) is 39.5. The van der Waals surface area contributed by atoms with Crippen LogP contribution in [0.1, 0.15) is 6.04 Å². The highest BCUT2D eigenvalue weighted by Gasteiger charge is 2.52. The Hall–Kier alpha value is -0.660. The molecular formula is C11H16ClN3O3. The van der Waals surface area contributed by atoms with Crippen LogP contribution in [-0.2, 0) is 9.47 Å². The van der Waals surface area contributed by atoms with Gasteiger partial charge in [0.1, 0.15) is 12.1 Å². The summed E-state index contributed by atoms with van der Waals surface area (Å²) in [6, 6.07) is -0.486. The summed E-state index contributed by atoms with van der Waals surface area (Å²) in [5.41, 5.74) is 0. The van der Waals surface area contributed by atoms with E-state index in [1.807, 2.05) is 19.0 Å². The lowest BCUT2D eigenvalue weighted by atomic mass is 9.95. The molecule has 2 bridgehead atoms. The average molecular weight is 274 g/mol. The zero-order valence-corrected chi connectivity index (χ0v) is 11.0. The molecule has 0 amide bonds. The summed E-state index contributed by atoms with van der Waals surface area (Å²) in [6.45, 7) is 0.496. The Morgan fingerprint density at radius 2 is 2.33 bits per heavy atom. The Balaban J connectivity index is 1.93. The maximum Gasteiger partial charge on any atom is 0.183 e. The fourth-order valence-corrected chi connectivity index (χ4v) is 2.92. The summed E-state index contributed by atoms with van der Waals surface area (Å²) in [7, 11) is 3.84. The molecule has 5 atom stereocenters. The second kappa shape index (κ2) is 4.47. The monoisotopic (exact) mass is 273 g/mol. The molecule has 3 rings (SSSR count). The van der Waals surface area contributed by atoms with Gasteiger partial charge in [0.05, 0.1) is 30.0 Å². The molecule has 2 aliphatic heterocycles. The first-order chi connectivity index (χ1) is 8.58. The van der Waals surface area contributed by atoms with Gasteiger partial charge in [-0.2, -0.15) is 5.10 Å². The number of ether oxygens (including phenoxy) is 2. The number of rotatable bonds is 2. The Kier molecular flexibility index (Phi) is 3.07. The van der Waals surface area contributed by atoms with Crippen molar-refractivity contribution in [2.24, 2.45) is 0 Å². The minimum Gasteiger partial charge on any atom is -0.389 e. The lowest BCUT2D eigenvalue weighted by molar-refractivity contribution is -0.181. The fraction of sp³-hybridized carbons (Fsp3) is 0.727. The van der Waals surface area contributed by atoms with E-state index in [4.69, 9.17) is 21.1 Å². The maximum absolute atomic E-state index is 10.5. The van der Waals surface area contributed by atoms with Gasteiger partial charge in [-0.15, -0.1) is 0 Å². The van der Waals surface area contributed by atoms with Crippen LogP contribution in [0.15, 0.2) is 12.4 Å². The third-order valence-corrected chi connectivity index (χ3v) is 3.76. The molecule has 0 saturated carbocycles. The Morgan fingerprint density at radius 3 is 2.94 bits per heavy atom. The van der Waals surface area contributed by atoms with Crippen LogP contribution >= 0.6 is 11.6 Å². The molecule has 1 N–H and O–H groups in total. The quantitative estimate of drug-likeness (QED) is 0.830. The molecule has 100 valence electrons. The molecule has 18 heavy (non-hydrogen) atoms. The first-order valence-electron chi connectivity index (χ1n) is 5.89. The average Bonchev–Trinajstić information content (AvgIpc) is 2.87. The standard InChI is InChI=1S/C11H16ClN3O3/c1-14(2)8-7-5-17-11(18-7)9(10(8)16)15-4-6(12)3-13-15/h3-4,7-11,16H,5H2,1-2H3. The number of aliphatic hydroxyl groups excluding tert-OH is 1. The number of hydrogen-bond acceptors (Lipinski definition) is 5. The molecular weight excluding hydrogens is 258 g/mol. The molecule has 2 aliphatic rings. The van der Waals surface area contributed by atoms with Gasteiger partial charge in [-0.05, 0) is 14.1 Å². The van der Waals surface area contributed by atoms with E-state index in [0.717, 1.165) is 0 Å². The molecule has 3 heterocycles. The zero-order valence-electron chi connectivity index (χ0n) is 10.2. The van der Waals surface area contributed by atoms with E-state index >= 15 is 0 Å². The first kappa shape index (κ1) is 12.4. The number of aromatic nitrogens is 2. The predicted octanol–water partition coefficient (Wildman–Crippen LogP) is 0.124. The first-order valence-corrected chi connectivity index (χ1v) is 6.27. The third kappa shape index (κ3) is 1.85. The third-order valence-electron chi connectivity index (χ3n) is 3.57. The second-order valence-corrected chi connectivity index (χ2v) is 5.39. The van der Waals surface area contributed by atoms with E-state index in [-0.39, 0.29) is 18.2 Å². The van der Waals surface area contributed by atoms with Crippen LogP contribution in [0, 0.1) is 0 Å². The van der Waals surface area contributed by atoms with Crippen molar-refractivity contribution in [3.05, 3.63) is 17.4 Å². The van der Waals surface area contributed by atoms with Crippen molar-refractivity contribution in [1.82, 2.24) is 14.7 Å². The lowest BCUT2D eigenvalue weighted by Gasteiger charge is -2.41. The zero-order chi connectivity index (χ0) is 12.9. The van der Waals surface area contributed by atoms with Crippen LogP contribution in [0.5, 0.6) is 0 Å². The highest BCUT2D eigenvalue weighted by Crippen LogP contribution is 2.37. The molecule has 7 heteroatoms. The van der Waals surface area contributed by atoms with Crippen molar-refractivity contribution < 1.29 is 14.6 Å². The van der Waals surface area contributed by atoms with Gasteiger partial charge in [0.15, 0.2) is 6.29 Å². The molecule has 0 aliphatic carbocycles. The minimum atomic E-state index is -0.609. The minimum absolute atomic E-state index is 0.0951. The molecule has 1 aromatic rings. The topological polar surface area (TPSA) is 59.8 Å². The highest BCUT2D eigenvalue weighted by molar-refractivity contribution is 6.30. The van der Waals surface area contributed by atoms with Crippen molar-refractivity contribution in [3.63, 3.8) is 0 Å². The van der Waals surface area contributed by atoms with E-state index in [1.54, 1.807) is 17.1 Å². The van der Waals surface area contributed by atoms with Gasteiger partial charge in [-0.1, -0.05) is 11.6 Å². The summed E-state index contributed by atoms with van der Waals surface area (Å²) in [5, 5.41) is 15.2. The van der Waals surface area contributed by atoms with E-state index in [2.05, 4.69) is 5.10 Å². The van der Waals surface area contributed by atoms with E-state index < -0.39 is 12.4 Å². The van der Waals surface area contributed by atoms with Crippen LogP contribution in [0.3, 0.4) is 0 Å². The van der Waals surface area contributed by atoms with Gasteiger partial charge >= 0.3 is 0 Å². The van der Waals surface area contributed by atoms with Gasteiger partial charge in [0.2, 0.25) is 0 Å². The Bertz CT molecular complexity index is 439. The van der Waals surface area contributed by atoms with Gasteiger partial charge in [0.25, 0.3) is 0 Å². The molecule has 5 unspecified atom stereocenters. The van der Waals surface area contributed by atoms with E-state index in [9.17, 15) is 5.11 Å². The molecule has 6 nitrogen and oxygen atoms in total. The van der Waals surface area contributed by atoms with Crippen LogP contribution in [0.2, 0.25) is 5.02 Å². The van der Waals surface area contributed by atoms with E-state index in [0.29, 0.717) is 11.6 Å². The second-order valence-electron chi connectivity index (χ2n) is 4.95. The summed E-state index contributed by atoms with van der Waals surface area (Å²) < 4.78 is 13.0. The maximum atomic E-state index is 10.5. The molecule has 2 saturated heterocycles. The summed E-state index contributed by atoms with van der Waals surface area (Å²) in [5.74, 6) is 0. The van der Waals surface area contributed by atoms with E-state index in [1.165, 1.54) is 0 Å². The molecule has 0 spiro atoms. The summed E-state index contributed by atoms with van der Waals surface area (Å²) in [6.07, 6.45) is 2.05. The molecule has 0 radical (unpaired) electrons.